The van der Waals surface area contributed by atoms with Gasteiger partial charge in [-0.25, -0.2) is 26.1 Å². The van der Waals surface area contributed by atoms with E-state index >= 15 is 0 Å². The van der Waals surface area contributed by atoms with E-state index < -0.39 is 56.4 Å². The monoisotopic (exact) mass is 1620 g/mol. The molecule has 610 valence electrons. The number of nitrogens with zero attached hydrogens (tertiary/aromatic N) is 9. The number of sulfonamides is 1. The van der Waals surface area contributed by atoms with Crippen LogP contribution in [0.25, 0.3) is 44.3 Å². The summed E-state index contributed by atoms with van der Waals surface area (Å²) in [5.74, 6) is -1.29. The molecule has 3 atom stereocenters. The van der Waals surface area contributed by atoms with Gasteiger partial charge in [0.15, 0.2) is 5.78 Å². The second-order valence-electron chi connectivity index (χ2n) is 29.7. The summed E-state index contributed by atoms with van der Waals surface area (Å²) in [5.41, 5.74) is 7.65. The van der Waals surface area contributed by atoms with E-state index in [1.165, 1.54) is 59.5 Å². The SMILES string of the molecule is CCN(CC)c1ccc2c(-c3ccccc3C(=O)N3CCN(C(=O)CCC(=O)NCCCCCC(=O)N[C@@H](Cc4ccc(C(=O)c5ccccc5)cc4)C(=O)NCc4cn([C@@H](Cc5ccc(O)cc5)C(O)CN(CC(C)C)S(=O)(=O)c5ccc(S(=O)(=O)c6cccc7cccnc67)cc5)nn4)CC3)c3ccc(=[N+](CC)CC)cc-3oc2c1. The number of amides is 5. The fraction of sp³-hybridized carbons (Fsp3) is 0.333. The van der Waals surface area contributed by atoms with Gasteiger partial charge in [-0.3, -0.25) is 33.8 Å². The van der Waals surface area contributed by atoms with Crippen LogP contribution in [0.2, 0.25) is 0 Å². The number of hydrogen-bond acceptors (Lipinski definition) is 17. The number of aromatic nitrogens is 4. The van der Waals surface area contributed by atoms with Crippen molar-refractivity contribution in [1.82, 2.24) is 54.6 Å². The Kier molecular flexibility index (Phi) is 28.0. The second-order valence-corrected chi connectivity index (χ2v) is 33.6. The van der Waals surface area contributed by atoms with Crippen molar-refractivity contribution in [3.63, 3.8) is 0 Å². The number of nitrogens with one attached hydrogen (secondary N) is 3. The Balaban J connectivity index is 0.642. The van der Waals surface area contributed by atoms with Crippen LogP contribution in [0.5, 0.6) is 5.75 Å². The number of unbranched alkanes of at least 4 members (excludes halogenated alkanes) is 2. The number of carbonyl (C=O) groups is 6. The highest BCUT2D eigenvalue weighted by Crippen LogP contribution is 2.43. The Morgan fingerprint density at radius 3 is 2.03 bits per heavy atom. The Labute approximate surface area is 682 Å². The van der Waals surface area contributed by atoms with Crippen LogP contribution in [0, 0.1) is 5.92 Å². The van der Waals surface area contributed by atoms with Gasteiger partial charge in [-0.1, -0.05) is 129 Å². The number of anilines is 1. The van der Waals surface area contributed by atoms with Gasteiger partial charge in [0.25, 0.3) is 5.91 Å². The lowest BCUT2D eigenvalue weighted by Crippen LogP contribution is -2.50. The van der Waals surface area contributed by atoms with Gasteiger partial charge in [0.2, 0.25) is 48.8 Å². The number of phenolic OH excluding ortho intramolecular Hbond substituents is 1. The molecule has 7 aromatic carbocycles. The van der Waals surface area contributed by atoms with E-state index in [1.54, 1.807) is 94.7 Å². The number of para-hydroxylation sites is 1. The van der Waals surface area contributed by atoms with Crippen molar-refractivity contribution < 1.29 is 60.2 Å². The molecule has 3 aliphatic rings. The molecule has 117 heavy (non-hydrogen) atoms. The fourth-order valence-corrected chi connectivity index (χ4v) is 18.0. The van der Waals surface area contributed by atoms with E-state index in [0.717, 1.165) is 63.6 Å². The quantitative estimate of drug-likeness (QED) is 0.0105. The van der Waals surface area contributed by atoms with E-state index in [0.29, 0.717) is 96.5 Å². The molecule has 25 nitrogen and oxygen atoms in total. The standard InChI is InChI=1S/C90H100N12O13S2/c1-7-97(8-2)68-35-43-75-80(55-68)115-81-56-69(98(9-3)10-4)36-44-76(81)86(75)73-25-16-17-26-74(73)90(110)100-51-49-99(50-52-100)85(107)46-45-83(105)91-47-18-12-15-28-84(106)94-77(53-62-29-33-66(34-30-62)88(108)65-21-13-11-14-22-65)89(109)93-57-67-59-102(96-95-67)78(54-63-31-37-70(103)38-32-63)79(104)60-101(58-61(5)6)117(113,114)72-41-39-71(40-42-72)116(111,112)82-27-19-23-64-24-20-48-92-87(64)82/h11,13-14,16-17,19-27,29-44,48,55-56,59,61,77-79,104H,7-10,12,15,18,28,45-47,49-54,57-58,60H2,1-6H3,(H3-,91,93,94,103,105,106,109)/p+1/t77-,78-,79?/m0/s1. The molecule has 1 aliphatic carbocycles. The maximum atomic E-state index is 14.7. The first-order valence-electron chi connectivity index (χ1n) is 40.0. The number of rotatable bonds is 36. The molecule has 0 bridgehead atoms. The summed E-state index contributed by atoms with van der Waals surface area (Å²) in [4.78, 5) is 92.7. The third-order valence-electron chi connectivity index (χ3n) is 21.4. The number of piperazine rings is 1. The lowest BCUT2D eigenvalue weighted by molar-refractivity contribution is -0.134. The van der Waals surface area contributed by atoms with E-state index in [9.17, 15) is 55.8 Å². The second kappa shape index (κ2) is 38.8. The molecule has 1 fully saturated rings. The highest BCUT2D eigenvalue weighted by Gasteiger charge is 2.35. The Hall–Kier alpha value is -11.8. The molecule has 2 aliphatic heterocycles. The van der Waals surface area contributed by atoms with Gasteiger partial charge >= 0.3 is 0 Å². The normalized spacial score (nSPS) is 13.4. The lowest BCUT2D eigenvalue weighted by Gasteiger charge is -2.35. The van der Waals surface area contributed by atoms with Crippen LogP contribution in [-0.2, 0) is 58.4 Å². The van der Waals surface area contributed by atoms with E-state index in [1.807, 2.05) is 44.2 Å². The van der Waals surface area contributed by atoms with Crippen molar-refractivity contribution in [2.45, 2.75) is 132 Å². The Bertz CT molecular complexity index is 5620. The topological polar surface area (TPSA) is 320 Å². The highest BCUT2D eigenvalue weighted by atomic mass is 32.2. The molecular weight excluding hydrogens is 1520 g/mol. The summed E-state index contributed by atoms with van der Waals surface area (Å²) in [6, 6.07) is 53.2. The number of aliphatic hydroxyl groups excluding tert-OH is 1. The molecule has 1 saturated heterocycles. The number of benzene rings is 8. The summed E-state index contributed by atoms with van der Waals surface area (Å²) in [7, 11) is -8.54. The molecule has 0 saturated carbocycles. The Morgan fingerprint density at radius 2 is 1.31 bits per heavy atom. The van der Waals surface area contributed by atoms with E-state index in [-0.39, 0.29) is 106 Å². The first-order valence-corrected chi connectivity index (χ1v) is 42.9. The molecule has 0 spiro atoms. The molecular formula is C90H101N12O13S2+. The van der Waals surface area contributed by atoms with Gasteiger partial charge in [-0.2, -0.15) is 4.31 Å². The zero-order valence-corrected chi connectivity index (χ0v) is 68.4. The minimum Gasteiger partial charge on any atom is -0.508 e. The van der Waals surface area contributed by atoms with Crippen LogP contribution in [0.3, 0.4) is 0 Å². The minimum absolute atomic E-state index is 0.00106. The minimum atomic E-state index is -4.40. The molecule has 27 heteroatoms. The van der Waals surface area contributed by atoms with Gasteiger partial charge in [0.05, 0.1) is 51.2 Å². The summed E-state index contributed by atoms with van der Waals surface area (Å²) in [5, 5.41) is 42.4. The van der Waals surface area contributed by atoms with Crippen molar-refractivity contribution in [3.05, 3.63) is 245 Å². The van der Waals surface area contributed by atoms with Gasteiger partial charge in [-0.05, 0) is 142 Å². The van der Waals surface area contributed by atoms with Crippen LogP contribution in [0.15, 0.2) is 226 Å². The zero-order chi connectivity index (χ0) is 82.9. The molecule has 9 aromatic rings. The predicted molar refractivity (Wildman–Crippen MR) is 449 cm³/mol. The van der Waals surface area contributed by atoms with Crippen molar-refractivity contribution in [2.24, 2.45) is 5.92 Å². The van der Waals surface area contributed by atoms with Crippen molar-refractivity contribution in [1.29, 1.82) is 0 Å². The van der Waals surface area contributed by atoms with Crippen molar-refractivity contribution in [3.8, 4) is 28.2 Å². The van der Waals surface area contributed by atoms with Crippen LogP contribution >= 0.6 is 0 Å². The molecule has 12 rings (SSSR count). The third-order valence-corrected chi connectivity index (χ3v) is 25.0. The zero-order valence-electron chi connectivity index (χ0n) is 66.8. The average Bonchev–Trinajstić information content (AvgIpc) is 0.846. The largest absolute Gasteiger partial charge is 0.508 e. The number of ketones is 1. The van der Waals surface area contributed by atoms with Crippen LogP contribution in [0.4, 0.5) is 5.69 Å². The first kappa shape index (κ1) is 84.6. The number of phenols is 1. The summed E-state index contributed by atoms with van der Waals surface area (Å²) in [6.07, 6.45) is 3.19. The number of sulfone groups is 1. The van der Waals surface area contributed by atoms with E-state index in [4.69, 9.17) is 4.42 Å². The summed E-state index contributed by atoms with van der Waals surface area (Å²) >= 11 is 0. The number of hydrogen-bond donors (Lipinski definition) is 5. The van der Waals surface area contributed by atoms with Gasteiger partial charge in [-0.15, -0.1) is 5.10 Å². The number of fused-ring (bicyclic) bond motifs is 3. The molecule has 5 amide bonds. The highest BCUT2D eigenvalue weighted by molar-refractivity contribution is 7.91. The lowest BCUT2D eigenvalue weighted by atomic mass is 9.90. The van der Waals surface area contributed by atoms with Gasteiger partial charge in [0.1, 0.15) is 41.9 Å². The molecule has 2 aromatic heterocycles. The maximum absolute atomic E-state index is 14.7. The van der Waals surface area contributed by atoms with Crippen molar-refractivity contribution in [2.75, 3.05) is 76.9 Å². The fourth-order valence-electron chi connectivity index (χ4n) is 15.0. The molecule has 4 heterocycles. The predicted octanol–water partition coefficient (Wildman–Crippen LogP) is 11.0. The first-order chi connectivity index (χ1) is 56.4. The average molecular weight is 1620 g/mol. The summed E-state index contributed by atoms with van der Waals surface area (Å²) in [6.45, 7) is 16.4. The van der Waals surface area contributed by atoms with Gasteiger partial charge in [0, 0.05) is 147 Å². The summed E-state index contributed by atoms with van der Waals surface area (Å²) < 4.78 is 68.8. The Morgan fingerprint density at radius 1 is 0.632 bits per heavy atom. The molecule has 0 radical (unpaired) electrons. The van der Waals surface area contributed by atoms with Crippen LogP contribution in [-0.4, -0.2) is 181 Å². The van der Waals surface area contributed by atoms with Gasteiger partial charge < -0.3 is 45.3 Å². The molecule has 5 N–H and O–H groups in total. The van der Waals surface area contributed by atoms with Crippen molar-refractivity contribution >= 4 is 82.7 Å². The number of pyridine rings is 1. The number of carbonyl (C=O) groups excluding carboxylic acids is 6. The number of aromatic hydroxyl groups is 1. The van der Waals surface area contributed by atoms with Crippen LogP contribution in [0.1, 0.15) is 129 Å². The molecule has 1 unspecified atom stereocenters. The third kappa shape index (κ3) is 20.5. The maximum Gasteiger partial charge on any atom is 0.254 e. The van der Waals surface area contributed by atoms with Crippen LogP contribution < -0.4 is 30.8 Å². The van der Waals surface area contributed by atoms with E-state index in [2.05, 4.69) is 105 Å². The smallest absolute Gasteiger partial charge is 0.254 e. The number of aliphatic hydroxyl groups is 1.